The quantitative estimate of drug-likeness (QED) is 0.350. The molecule has 0 radical (unpaired) electrons. The van der Waals surface area contributed by atoms with Gasteiger partial charge in [0.15, 0.2) is 0 Å². The van der Waals surface area contributed by atoms with Crippen LogP contribution in [0.4, 0.5) is 5.69 Å². The van der Waals surface area contributed by atoms with Crippen molar-refractivity contribution in [1.29, 1.82) is 0 Å². The summed E-state index contributed by atoms with van der Waals surface area (Å²) < 4.78 is 5.44. The van der Waals surface area contributed by atoms with Crippen LogP contribution in [-0.2, 0) is 6.42 Å². The molecule has 4 aromatic rings. The molecule has 0 aliphatic rings. The van der Waals surface area contributed by atoms with E-state index in [9.17, 15) is 14.9 Å². The van der Waals surface area contributed by atoms with Crippen molar-refractivity contribution in [2.24, 2.45) is 0 Å². The zero-order valence-electron chi connectivity index (χ0n) is 15.6. The highest BCUT2D eigenvalue weighted by Crippen LogP contribution is 2.24. The Labute approximate surface area is 175 Å². The molecule has 0 aliphatic heterocycles. The van der Waals surface area contributed by atoms with Gasteiger partial charge < -0.3 is 9.84 Å². The van der Waals surface area contributed by atoms with Crippen LogP contribution in [0.3, 0.4) is 0 Å². The zero-order chi connectivity index (χ0) is 20.9. The van der Waals surface area contributed by atoms with Crippen molar-refractivity contribution in [3.05, 3.63) is 98.6 Å². The summed E-state index contributed by atoms with van der Waals surface area (Å²) in [4.78, 5) is 28.0. The Bertz CT molecular complexity index is 1140. The van der Waals surface area contributed by atoms with Gasteiger partial charge in [-0.05, 0) is 29.1 Å². The third-order valence-electron chi connectivity index (χ3n) is 4.41. The summed E-state index contributed by atoms with van der Waals surface area (Å²) in [5.74, 6) is 0.335. The lowest BCUT2D eigenvalue weighted by Crippen LogP contribution is -2.29. The van der Waals surface area contributed by atoms with Crippen molar-refractivity contribution in [2.45, 2.75) is 12.5 Å². The highest BCUT2D eigenvalue weighted by atomic mass is 32.1. The molecule has 150 valence electrons. The minimum Gasteiger partial charge on any atom is -0.339 e. The van der Waals surface area contributed by atoms with Gasteiger partial charge in [0, 0.05) is 24.1 Å². The minimum absolute atomic E-state index is 0.0207. The number of amides is 1. The van der Waals surface area contributed by atoms with Crippen LogP contribution in [0.2, 0.25) is 0 Å². The van der Waals surface area contributed by atoms with Crippen LogP contribution >= 0.6 is 11.3 Å². The van der Waals surface area contributed by atoms with E-state index < -0.39 is 11.0 Å². The fraction of sp³-hybridized carbons (Fsp3) is 0.0952. The molecule has 2 aromatic heterocycles. The number of nitro benzene ring substituents is 1. The van der Waals surface area contributed by atoms with E-state index in [1.54, 1.807) is 18.2 Å². The number of carbonyl (C=O) groups excluding carboxylic acids is 1. The van der Waals surface area contributed by atoms with Gasteiger partial charge in [-0.3, -0.25) is 14.9 Å². The van der Waals surface area contributed by atoms with E-state index in [2.05, 4.69) is 15.5 Å². The van der Waals surface area contributed by atoms with Crippen molar-refractivity contribution in [3.8, 4) is 11.4 Å². The van der Waals surface area contributed by atoms with Gasteiger partial charge in [-0.1, -0.05) is 41.6 Å². The number of non-ortho nitro benzene ring substituents is 1. The van der Waals surface area contributed by atoms with Gasteiger partial charge in [-0.2, -0.15) is 4.98 Å². The molecule has 0 aliphatic carbocycles. The second-order valence-corrected chi connectivity index (χ2v) is 7.40. The number of nitro groups is 1. The first-order valence-electron chi connectivity index (χ1n) is 9.07. The standard InChI is InChI=1S/C21H16N4O4S/c26-20(18-7-4-12-30-18)22-17(13-14-5-2-1-3-6-14)21-23-19(24-29-21)15-8-10-16(11-9-15)25(27)28/h1-12,17H,13H2,(H,22,26). The molecule has 9 heteroatoms. The highest BCUT2D eigenvalue weighted by molar-refractivity contribution is 7.12. The summed E-state index contributed by atoms with van der Waals surface area (Å²) in [6.07, 6.45) is 0.472. The van der Waals surface area contributed by atoms with Crippen LogP contribution in [0.25, 0.3) is 11.4 Å². The molecule has 0 saturated heterocycles. The summed E-state index contributed by atoms with van der Waals surface area (Å²) in [7, 11) is 0. The molecule has 0 bridgehead atoms. The maximum atomic E-state index is 12.6. The molecule has 0 fully saturated rings. The number of benzene rings is 2. The Hall–Kier alpha value is -3.85. The molecule has 2 heterocycles. The van der Waals surface area contributed by atoms with E-state index in [4.69, 9.17) is 4.52 Å². The summed E-state index contributed by atoms with van der Waals surface area (Å²) in [5, 5.41) is 19.6. The molecule has 0 saturated carbocycles. The van der Waals surface area contributed by atoms with E-state index in [1.165, 1.54) is 23.5 Å². The first-order valence-corrected chi connectivity index (χ1v) is 9.95. The predicted octanol–water partition coefficient (Wildman–Crippen LogP) is 4.42. The molecule has 1 unspecified atom stereocenters. The van der Waals surface area contributed by atoms with Crippen LogP contribution in [0.5, 0.6) is 0 Å². The molecule has 4 rings (SSSR count). The van der Waals surface area contributed by atoms with Gasteiger partial charge in [-0.25, -0.2) is 0 Å². The number of nitrogens with zero attached hydrogens (tertiary/aromatic N) is 3. The Morgan fingerprint density at radius 3 is 2.53 bits per heavy atom. The third-order valence-corrected chi connectivity index (χ3v) is 5.28. The van der Waals surface area contributed by atoms with E-state index in [1.807, 2.05) is 41.8 Å². The SMILES string of the molecule is O=C(NC(Cc1ccccc1)c1nc(-c2ccc([N+](=O)[O-])cc2)no1)c1cccs1. The van der Waals surface area contributed by atoms with Gasteiger partial charge in [0.2, 0.25) is 11.7 Å². The van der Waals surface area contributed by atoms with Gasteiger partial charge in [0.25, 0.3) is 11.6 Å². The van der Waals surface area contributed by atoms with Crippen molar-refractivity contribution < 1.29 is 14.2 Å². The van der Waals surface area contributed by atoms with E-state index >= 15 is 0 Å². The van der Waals surface area contributed by atoms with Gasteiger partial charge in [-0.15, -0.1) is 11.3 Å². The second-order valence-electron chi connectivity index (χ2n) is 6.45. The smallest absolute Gasteiger partial charge is 0.269 e. The summed E-state index contributed by atoms with van der Waals surface area (Å²) in [5.41, 5.74) is 1.57. The van der Waals surface area contributed by atoms with Gasteiger partial charge >= 0.3 is 0 Å². The van der Waals surface area contributed by atoms with Crippen molar-refractivity contribution >= 4 is 22.9 Å². The van der Waals surface area contributed by atoms with E-state index in [0.29, 0.717) is 22.7 Å². The lowest BCUT2D eigenvalue weighted by Gasteiger charge is -2.14. The molecule has 1 atom stereocenters. The number of hydrogen-bond acceptors (Lipinski definition) is 7. The van der Waals surface area contributed by atoms with Crippen LogP contribution in [-0.4, -0.2) is 21.0 Å². The summed E-state index contributed by atoms with van der Waals surface area (Å²) in [6.45, 7) is 0. The van der Waals surface area contributed by atoms with E-state index in [0.717, 1.165) is 5.56 Å². The lowest BCUT2D eigenvalue weighted by atomic mass is 10.1. The molecule has 8 nitrogen and oxygen atoms in total. The number of thiophene rings is 1. The Morgan fingerprint density at radius 2 is 1.87 bits per heavy atom. The fourth-order valence-corrected chi connectivity index (χ4v) is 3.54. The van der Waals surface area contributed by atoms with Crippen molar-refractivity contribution in [2.75, 3.05) is 0 Å². The molecular weight excluding hydrogens is 404 g/mol. The summed E-state index contributed by atoms with van der Waals surface area (Å²) in [6, 6.07) is 18.6. The van der Waals surface area contributed by atoms with Crippen LogP contribution < -0.4 is 5.32 Å². The summed E-state index contributed by atoms with van der Waals surface area (Å²) >= 11 is 1.35. The molecule has 30 heavy (non-hydrogen) atoms. The van der Waals surface area contributed by atoms with E-state index in [-0.39, 0.29) is 17.5 Å². The minimum atomic E-state index is -0.527. The number of carbonyl (C=O) groups is 1. The predicted molar refractivity (Wildman–Crippen MR) is 111 cm³/mol. The maximum absolute atomic E-state index is 12.6. The van der Waals surface area contributed by atoms with Crippen molar-refractivity contribution in [1.82, 2.24) is 15.5 Å². The Morgan fingerprint density at radius 1 is 1.10 bits per heavy atom. The largest absolute Gasteiger partial charge is 0.339 e. The number of aromatic nitrogens is 2. The fourth-order valence-electron chi connectivity index (χ4n) is 2.91. The molecule has 1 N–H and O–H groups in total. The van der Waals surface area contributed by atoms with Crippen LogP contribution in [0, 0.1) is 10.1 Å². The second kappa shape index (κ2) is 8.66. The Balaban J connectivity index is 1.60. The van der Waals surface area contributed by atoms with Crippen molar-refractivity contribution in [3.63, 3.8) is 0 Å². The number of nitrogens with one attached hydrogen (secondary N) is 1. The molecule has 0 spiro atoms. The topological polar surface area (TPSA) is 111 Å². The normalized spacial score (nSPS) is 11.7. The third kappa shape index (κ3) is 4.41. The van der Waals surface area contributed by atoms with Crippen LogP contribution in [0.15, 0.2) is 76.6 Å². The lowest BCUT2D eigenvalue weighted by molar-refractivity contribution is -0.384. The number of rotatable bonds is 7. The van der Waals surface area contributed by atoms with Gasteiger partial charge in [0.1, 0.15) is 6.04 Å². The average molecular weight is 420 g/mol. The first-order chi connectivity index (χ1) is 14.6. The van der Waals surface area contributed by atoms with Gasteiger partial charge in [0.05, 0.1) is 9.80 Å². The highest BCUT2D eigenvalue weighted by Gasteiger charge is 2.23. The number of hydrogen-bond donors (Lipinski definition) is 1. The molecular formula is C21H16N4O4S. The maximum Gasteiger partial charge on any atom is 0.269 e. The molecule has 2 aromatic carbocycles. The first kappa shape index (κ1) is 19.5. The molecule has 1 amide bonds. The Kier molecular flexibility index (Phi) is 5.62. The average Bonchev–Trinajstić information content (AvgIpc) is 3.47. The van der Waals surface area contributed by atoms with Crippen LogP contribution in [0.1, 0.15) is 27.2 Å². The zero-order valence-corrected chi connectivity index (χ0v) is 16.4. The monoisotopic (exact) mass is 420 g/mol.